The van der Waals surface area contributed by atoms with Crippen molar-refractivity contribution in [2.75, 3.05) is 6.61 Å². The van der Waals surface area contributed by atoms with Crippen molar-refractivity contribution in [3.8, 4) is 11.8 Å². The topological polar surface area (TPSA) is 9.23 Å². The summed E-state index contributed by atoms with van der Waals surface area (Å²) in [5.74, 6) is 6.17. The molecule has 0 saturated heterocycles. The summed E-state index contributed by atoms with van der Waals surface area (Å²) >= 11 is 0. The van der Waals surface area contributed by atoms with Crippen LogP contribution in [0.15, 0.2) is 43.0 Å². The maximum atomic E-state index is 5.51. The van der Waals surface area contributed by atoms with Gasteiger partial charge < -0.3 is 4.74 Å². The molecule has 78 valence electrons. The summed E-state index contributed by atoms with van der Waals surface area (Å²) in [5, 5.41) is 0. The van der Waals surface area contributed by atoms with Crippen LogP contribution in [0.5, 0.6) is 0 Å². The average Bonchev–Trinajstić information content (AvgIpc) is 2.25. The summed E-state index contributed by atoms with van der Waals surface area (Å²) in [6, 6.07) is 9.89. The molecule has 0 aliphatic heterocycles. The highest BCUT2D eigenvalue weighted by Crippen LogP contribution is 2.07. The van der Waals surface area contributed by atoms with Crippen LogP contribution in [0.2, 0.25) is 0 Å². The highest BCUT2D eigenvalue weighted by atomic mass is 16.5. The fraction of sp³-hybridized carbons (Fsp3) is 0.286. The predicted molar refractivity (Wildman–Crippen MR) is 63.5 cm³/mol. The summed E-state index contributed by atoms with van der Waals surface area (Å²) in [5.41, 5.74) is 0.581. The van der Waals surface area contributed by atoms with E-state index in [0.717, 1.165) is 5.56 Å². The minimum atomic E-state index is -0.427. The van der Waals surface area contributed by atoms with E-state index in [1.54, 1.807) is 6.08 Å². The van der Waals surface area contributed by atoms with E-state index in [0.29, 0.717) is 6.61 Å². The zero-order valence-electron chi connectivity index (χ0n) is 9.29. The van der Waals surface area contributed by atoms with Crippen LogP contribution in [0.4, 0.5) is 0 Å². The van der Waals surface area contributed by atoms with Gasteiger partial charge in [-0.2, -0.15) is 0 Å². The molecule has 0 aliphatic rings. The zero-order chi connectivity index (χ0) is 11.1. The molecule has 0 aliphatic carbocycles. The highest BCUT2D eigenvalue weighted by molar-refractivity contribution is 5.35. The molecule has 0 fully saturated rings. The van der Waals surface area contributed by atoms with E-state index in [1.807, 2.05) is 44.2 Å². The van der Waals surface area contributed by atoms with E-state index in [2.05, 4.69) is 18.4 Å². The van der Waals surface area contributed by atoms with Gasteiger partial charge >= 0.3 is 0 Å². The molecule has 0 aromatic heterocycles. The van der Waals surface area contributed by atoms with E-state index < -0.39 is 5.60 Å². The van der Waals surface area contributed by atoms with Gasteiger partial charge in [0.1, 0.15) is 5.60 Å². The minimum absolute atomic E-state index is 0.427. The van der Waals surface area contributed by atoms with E-state index in [9.17, 15) is 0 Å². The van der Waals surface area contributed by atoms with Crippen LogP contribution in [-0.2, 0) is 4.74 Å². The van der Waals surface area contributed by atoms with Gasteiger partial charge in [0.05, 0.1) is 6.61 Å². The van der Waals surface area contributed by atoms with Crippen molar-refractivity contribution in [1.29, 1.82) is 0 Å². The number of rotatable bonds is 3. The first-order chi connectivity index (χ1) is 7.14. The number of benzene rings is 1. The molecule has 0 bridgehead atoms. The molecule has 1 nitrogen and oxygen atoms in total. The second-order valence-corrected chi connectivity index (χ2v) is 3.73. The summed E-state index contributed by atoms with van der Waals surface area (Å²) in [7, 11) is 0. The van der Waals surface area contributed by atoms with Crippen molar-refractivity contribution < 1.29 is 4.74 Å². The monoisotopic (exact) mass is 200 g/mol. The van der Waals surface area contributed by atoms with Gasteiger partial charge in [0.2, 0.25) is 0 Å². The van der Waals surface area contributed by atoms with Crippen LogP contribution in [0, 0.1) is 11.8 Å². The van der Waals surface area contributed by atoms with Crippen LogP contribution >= 0.6 is 0 Å². The Morgan fingerprint density at radius 1 is 1.33 bits per heavy atom. The Balaban J connectivity index is 2.68. The minimum Gasteiger partial charge on any atom is -0.359 e. The second kappa shape index (κ2) is 5.38. The fourth-order valence-electron chi connectivity index (χ4n) is 1.05. The van der Waals surface area contributed by atoms with Gasteiger partial charge in [0, 0.05) is 5.56 Å². The first-order valence-corrected chi connectivity index (χ1v) is 4.97. The van der Waals surface area contributed by atoms with Gasteiger partial charge in [0.15, 0.2) is 0 Å². The van der Waals surface area contributed by atoms with Crippen LogP contribution in [0.25, 0.3) is 0 Å². The lowest BCUT2D eigenvalue weighted by Gasteiger charge is -2.17. The molecular weight excluding hydrogens is 184 g/mol. The van der Waals surface area contributed by atoms with Crippen LogP contribution in [0.3, 0.4) is 0 Å². The Labute approximate surface area is 91.8 Å². The quantitative estimate of drug-likeness (QED) is 0.538. The number of hydrogen-bond acceptors (Lipinski definition) is 1. The molecule has 1 rings (SSSR count). The zero-order valence-corrected chi connectivity index (χ0v) is 9.29. The Morgan fingerprint density at radius 3 is 2.60 bits per heavy atom. The summed E-state index contributed by atoms with van der Waals surface area (Å²) in [6.45, 7) is 8.03. The summed E-state index contributed by atoms with van der Waals surface area (Å²) in [4.78, 5) is 0. The molecule has 15 heavy (non-hydrogen) atoms. The Hall–Kier alpha value is -1.52. The molecule has 0 N–H and O–H groups in total. The van der Waals surface area contributed by atoms with Crippen molar-refractivity contribution in [1.82, 2.24) is 0 Å². The molecule has 0 spiro atoms. The molecule has 0 atom stereocenters. The predicted octanol–water partition coefficient (Wildman–Crippen LogP) is 3.02. The normalized spacial score (nSPS) is 10.3. The lowest BCUT2D eigenvalue weighted by atomic mass is 10.1. The van der Waals surface area contributed by atoms with Crippen molar-refractivity contribution in [3.05, 3.63) is 48.6 Å². The van der Waals surface area contributed by atoms with Crippen molar-refractivity contribution in [2.45, 2.75) is 19.4 Å². The van der Waals surface area contributed by atoms with Crippen molar-refractivity contribution in [2.24, 2.45) is 0 Å². The third kappa shape index (κ3) is 4.49. The summed E-state index contributed by atoms with van der Waals surface area (Å²) < 4.78 is 5.51. The van der Waals surface area contributed by atoms with Gasteiger partial charge in [-0.1, -0.05) is 36.1 Å². The number of hydrogen-bond donors (Lipinski definition) is 0. The molecule has 1 heteroatoms. The molecule has 1 aromatic carbocycles. The molecule has 1 aromatic rings. The van der Waals surface area contributed by atoms with E-state index >= 15 is 0 Å². The smallest absolute Gasteiger partial charge is 0.123 e. The van der Waals surface area contributed by atoms with Gasteiger partial charge in [-0.3, -0.25) is 0 Å². The van der Waals surface area contributed by atoms with E-state index in [4.69, 9.17) is 4.74 Å². The summed E-state index contributed by atoms with van der Waals surface area (Å²) in [6.07, 6.45) is 1.73. The van der Waals surface area contributed by atoms with E-state index in [-0.39, 0.29) is 0 Å². The van der Waals surface area contributed by atoms with Gasteiger partial charge in [-0.05, 0) is 26.0 Å². The standard InChI is InChI=1S/C14H16O/c1-4-12-15-14(2,3)11-10-13-8-6-5-7-9-13/h4-9H,1,12H2,2-3H3. The largest absolute Gasteiger partial charge is 0.359 e. The maximum Gasteiger partial charge on any atom is 0.123 e. The van der Waals surface area contributed by atoms with Gasteiger partial charge in [0.25, 0.3) is 0 Å². The molecular formula is C14H16O. The first kappa shape index (κ1) is 11.6. The average molecular weight is 200 g/mol. The van der Waals surface area contributed by atoms with Crippen LogP contribution in [-0.4, -0.2) is 12.2 Å². The Bertz CT molecular complexity index is 365. The molecule has 0 radical (unpaired) electrons. The van der Waals surface area contributed by atoms with Crippen LogP contribution < -0.4 is 0 Å². The van der Waals surface area contributed by atoms with Crippen molar-refractivity contribution in [3.63, 3.8) is 0 Å². The fourth-order valence-corrected chi connectivity index (χ4v) is 1.05. The first-order valence-electron chi connectivity index (χ1n) is 4.97. The lowest BCUT2D eigenvalue weighted by Crippen LogP contribution is -2.21. The Morgan fingerprint density at radius 2 is 2.00 bits per heavy atom. The lowest BCUT2D eigenvalue weighted by molar-refractivity contribution is 0.0470. The molecule has 0 heterocycles. The van der Waals surface area contributed by atoms with Gasteiger partial charge in [-0.25, -0.2) is 0 Å². The second-order valence-electron chi connectivity index (χ2n) is 3.73. The molecule has 0 unspecified atom stereocenters. The van der Waals surface area contributed by atoms with Crippen molar-refractivity contribution >= 4 is 0 Å². The van der Waals surface area contributed by atoms with Gasteiger partial charge in [-0.15, -0.1) is 6.58 Å². The molecule has 0 saturated carbocycles. The third-order valence-electron chi connectivity index (χ3n) is 1.84. The highest BCUT2D eigenvalue weighted by Gasteiger charge is 2.12. The Kier molecular flexibility index (Phi) is 4.15. The van der Waals surface area contributed by atoms with E-state index in [1.165, 1.54) is 0 Å². The van der Waals surface area contributed by atoms with Crippen LogP contribution in [0.1, 0.15) is 19.4 Å². The number of ether oxygens (including phenoxy) is 1. The maximum absolute atomic E-state index is 5.51. The third-order valence-corrected chi connectivity index (χ3v) is 1.84. The molecule has 0 amide bonds. The SMILES string of the molecule is C=CCOC(C)(C)C#Cc1ccccc1.